The van der Waals surface area contributed by atoms with E-state index in [4.69, 9.17) is 0 Å². The van der Waals surface area contributed by atoms with Crippen LogP contribution >= 0.6 is 0 Å². The van der Waals surface area contributed by atoms with Crippen LogP contribution in [0.3, 0.4) is 0 Å². The average Bonchev–Trinajstić information content (AvgIpc) is 2.83. The molecule has 0 aliphatic rings. The van der Waals surface area contributed by atoms with E-state index < -0.39 is 0 Å². The van der Waals surface area contributed by atoms with E-state index in [9.17, 15) is 0 Å². The molecule has 0 aliphatic heterocycles. The van der Waals surface area contributed by atoms with E-state index in [1.54, 1.807) is 0 Å². The Hall–Kier alpha value is -2.97. The molecule has 0 amide bonds. The zero-order valence-corrected chi connectivity index (χ0v) is 18.7. The lowest BCUT2D eigenvalue weighted by atomic mass is 9.95. The smallest absolute Gasteiger partial charge is 0.0346 e. The van der Waals surface area contributed by atoms with E-state index in [0.717, 1.165) is 0 Å². The van der Waals surface area contributed by atoms with Gasteiger partial charge in [-0.3, -0.25) is 4.98 Å². The first kappa shape index (κ1) is 21.3. The molecule has 1 N–H and O–H groups in total. The molecule has 0 bridgehead atoms. The number of aromatic nitrogens is 1. The Balaban J connectivity index is 0.000000221. The third-order valence-corrected chi connectivity index (χ3v) is 5.95. The van der Waals surface area contributed by atoms with Crippen molar-refractivity contribution in [3.05, 3.63) is 79.1 Å². The molecule has 0 radical (unpaired) electrons. The maximum Gasteiger partial charge on any atom is 0.0346 e. The van der Waals surface area contributed by atoms with Crippen molar-refractivity contribution in [3.63, 3.8) is 0 Å². The summed E-state index contributed by atoms with van der Waals surface area (Å²) in [6.45, 7) is 6.86. The Labute approximate surface area is 185 Å². The Bertz CT molecular complexity index is 1190. The van der Waals surface area contributed by atoms with Crippen molar-refractivity contribution in [1.82, 2.24) is 10.3 Å². The summed E-state index contributed by atoms with van der Waals surface area (Å²) in [5.41, 5.74) is 0. The second-order valence-corrected chi connectivity index (χ2v) is 8.16. The van der Waals surface area contributed by atoms with Gasteiger partial charge in [-0.05, 0) is 69.7 Å². The van der Waals surface area contributed by atoms with Crippen LogP contribution in [-0.2, 0) is 0 Å². The Morgan fingerprint density at radius 2 is 1.13 bits per heavy atom. The lowest BCUT2D eigenvalue weighted by molar-refractivity contribution is 0.611. The summed E-state index contributed by atoms with van der Waals surface area (Å²) >= 11 is 0. The standard InChI is InChI=1S/C21H13N.C8H19N/c1-2-4-16-14(3-1)5-7-20-18(16)9-10-19-17-11-12-22-13-15(17)6-8-21(19)20;1-3-5-7-9-8-6-4-2/h1-13H;9H,3-8H2,1-2H3. The summed E-state index contributed by atoms with van der Waals surface area (Å²) in [6.07, 6.45) is 9.05. The molecule has 0 saturated carbocycles. The van der Waals surface area contributed by atoms with Gasteiger partial charge in [0.25, 0.3) is 0 Å². The van der Waals surface area contributed by atoms with Crippen LogP contribution in [0.5, 0.6) is 0 Å². The van der Waals surface area contributed by atoms with Crippen LogP contribution in [0.15, 0.2) is 79.1 Å². The number of benzene rings is 4. The number of fused-ring (bicyclic) bond motifs is 7. The quantitative estimate of drug-likeness (QED) is 0.228. The van der Waals surface area contributed by atoms with Gasteiger partial charge in [0.1, 0.15) is 0 Å². The molecule has 0 unspecified atom stereocenters. The van der Waals surface area contributed by atoms with Crippen molar-refractivity contribution in [2.24, 2.45) is 0 Å². The summed E-state index contributed by atoms with van der Waals surface area (Å²) in [5, 5.41) is 13.7. The number of pyridine rings is 1. The predicted molar refractivity (Wildman–Crippen MR) is 137 cm³/mol. The van der Waals surface area contributed by atoms with E-state index in [1.165, 1.54) is 81.9 Å². The maximum atomic E-state index is 4.22. The number of rotatable bonds is 6. The summed E-state index contributed by atoms with van der Waals surface area (Å²) in [4.78, 5) is 4.22. The molecule has 1 heterocycles. The number of hydrogen-bond acceptors (Lipinski definition) is 2. The van der Waals surface area contributed by atoms with Crippen LogP contribution in [0.2, 0.25) is 0 Å². The second-order valence-electron chi connectivity index (χ2n) is 8.16. The number of hydrogen-bond donors (Lipinski definition) is 1. The monoisotopic (exact) mass is 408 g/mol. The molecule has 0 atom stereocenters. The van der Waals surface area contributed by atoms with Crippen LogP contribution in [0, 0.1) is 0 Å². The fraction of sp³-hybridized carbons (Fsp3) is 0.276. The third kappa shape index (κ3) is 4.70. The van der Waals surface area contributed by atoms with Gasteiger partial charge in [0.15, 0.2) is 0 Å². The minimum Gasteiger partial charge on any atom is -0.317 e. The molecule has 158 valence electrons. The van der Waals surface area contributed by atoms with Gasteiger partial charge in [0, 0.05) is 17.8 Å². The molecular weight excluding hydrogens is 376 g/mol. The van der Waals surface area contributed by atoms with Gasteiger partial charge in [-0.1, -0.05) is 87.4 Å². The van der Waals surface area contributed by atoms with Gasteiger partial charge in [-0.25, -0.2) is 0 Å². The summed E-state index contributed by atoms with van der Waals surface area (Å²) in [6, 6.07) is 24.0. The molecule has 0 aliphatic carbocycles. The van der Waals surface area contributed by atoms with E-state index in [2.05, 4.69) is 90.9 Å². The van der Waals surface area contributed by atoms with Crippen LogP contribution in [0.25, 0.3) is 43.1 Å². The zero-order chi connectivity index (χ0) is 21.5. The second kappa shape index (κ2) is 10.4. The maximum absolute atomic E-state index is 4.22. The SMILES string of the molecule is CCCCNCCCC.c1ccc2c(c1)ccc1c2ccc2c3ccncc3ccc21. The molecular formula is C29H32N2. The number of nitrogens with zero attached hydrogens (tertiary/aromatic N) is 1. The van der Waals surface area contributed by atoms with Gasteiger partial charge in [-0.15, -0.1) is 0 Å². The van der Waals surface area contributed by atoms with Crippen molar-refractivity contribution in [2.75, 3.05) is 13.1 Å². The van der Waals surface area contributed by atoms with E-state index in [-0.39, 0.29) is 0 Å². The van der Waals surface area contributed by atoms with Crippen molar-refractivity contribution in [2.45, 2.75) is 39.5 Å². The molecule has 4 aromatic carbocycles. The predicted octanol–water partition coefficient (Wildman–Crippen LogP) is 7.87. The van der Waals surface area contributed by atoms with Crippen LogP contribution < -0.4 is 5.32 Å². The minimum atomic E-state index is 1.19. The molecule has 1 aromatic heterocycles. The topological polar surface area (TPSA) is 24.9 Å². The Morgan fingerprint density at radius 3 is 1.81 bits per heavy atom. The van der Waals surface area contributed by atoms with E-state index >= 15 is 0 Å². The molecule has 5 aromatic rings. The zero-order valence-electron chi connectivity index (χ0n) is 18.7. The normalized spacial score (nSPS) is 11.2. The third-order valence-electron chi connectivity index (χ3n) is 5.95. The average molecular weight is 409 g/mol. The highest BCUT2D eigenvalue weighted by Gasteiger charge is 2.06. The van der Waals surface area contributed by atoms with Gasteiger partial charge >= 0.3 is 0 Å². The first-order valence-corrected chi connectivity index (χ1v) is 11.6. The molecule has 2 nitrogen and oxygen atoms in total. The molecule has 0 fully saturated rings. The van der Waals surface area contributed by atoms with Crippen molar-refractivity contribution in [1.29, 1.82) is 0 Å². The van der Waals surface area contributed by atoms with Crippen molar-refractivity contribution >= 4 is 43.1 Å². The summed E-state index contributed by atoms with van der Waals surface area (Å²) < 4.78 is 0. The fourth-order valence-electron chi connectivity index (χ4n) is 4.21. The molecule has 5 rings (SSSR count). The van der Waals surface area contributed by atoms with Crippen LogP contribution in [-0.4, -0.2) is 18.1 Å². The summed E-state index contributed by atoms with van der Waals surface area (Å²) in [7, 11) is 0. The van der Waals surface area contributed by atoms with Gasteiger partial charge in [-0.2, -0.15) is 0 Å². The van der Waals surface area contributed by atoms with Gasteiger partial charge < -0.3 is 5.32 Å². The highest BCUT2D eigenvalue weighted by molar-refractivity contribution is 6.21. The first-order chi connectivity index (χ1) is 15.3. The summed E-state index contributed by atoms with van der Waals surface area (Å²) in [5.74, 6) is 0. The minimum absolute atomic E-state index is 1.19. The van der Waals surface area contributed by atoms with Crippen molar-refractivity contribution in [3.8, 4) is 0 Å². The van der Waals surface area contributed by atoms with Crippen molar-refractivity contribution < 1.29 is 0 Å². The fourth-order valence-corrected chi connectivity index (χ4v) is 4.21. The Kier molecular flexibility index (Phi) is 7.11. The van der Waals surface area contributed by atoms with E-state index in [0.29, 0.717) is 0 Å². The molecule has 2 heteroatoms. The molecule has 31 heavy (non-hydrogen) atoms. The molecule has 0 spiro atoms. The van der Waals surface area contributed by atoms with E-state index in [1.807, 2.05) is 12.4 Å². The van der Waals surface area contributed by atoms with Gasteiger partial charge in [0.05, 0.1) is 0 Å². The van der Waals surface area contributed by atoms with Crippen LogP contribution in [0.4, 0.5) is 0 Å². The first-order valence-electron chi connectivity index (χ1n) is 11.6. The largest absolute Gasteiger partial charge is 0.317 e. The van der Waals surface area contributed by atoms with Crippen LogP contribution in [0.1, 0.15) is 39.5 Å². The number of nitrogens with one attached hydrogen (secondary N) is 1. The van der Waals surface area contributed by atoms with Gasteiger partial charge in [0.2, 0.25) is 0 Å². The highest BCUT2D eigenvalue weighted by atomic mass is 14.8. The lowest BCUT2D eigenvalue weighted by Gasteiger charge is -2.09. The Morgan fingerprint density at radius 1 is 0.581 bits per heavy atom. The number of unbranched alkanes of at least 4 members (excludes halogenated alkanes) is 2. The lowest BCUT2D eigenvalue weighted by Crippen LogP contribution is -2.15. The molecule has 0 saturated heterocycles. The highest BCUT2D eigenvalue weighted by Crippen LogP contribution is 2.34.